The fourth-order valence-corrected chi connectivity index (χ4v) is 1.15. The van der Waals surface area contributed by atoms with E-state index in [1.165, 1.54) is 0 Å². The van der Waals surface area contributed by atoms with Gasteiger partial charge in [-0.2, -0.15) is 0 Å². The summed E-state index contributed by atoms with van der Waals surface area (Å²) in [6, 6.07) is 0. The van der Waals surface area contributed by atoms with Gasteiger partial charge in [-0.15, -0.1) is 0 Å². The van der Waals surface area contributed by atoms with Gasteiger partial charge in [0.05, 0.1) is 6.10 Å². The predicted octanol–water partition coefficient (Wildman–Crippen LogP) is -2.48. The molecule has 0 amide bonds. The molecule has 0 bridgehead atoms. The Hall–Kier alpha value is -0.690. The molecule has 0 spiro atoms. The molecule has 4 atom stereocenters. The van der Waals surface area contributed by atoms with Crippen LogP contribution >= 0.6 is 0 Å². The van der Waals surface area contributed by atoms with Crippen molar-refractivity contribution in [2.45, 2.75) is 24.4 Å². The van der Waals surface area contributed by atoms with Crippen LogP contribution in [0.2, 0.25) is 0 Å². The number of carboxylic acid groups (broad SMARTS) is 1. The lowest BCUT2D eigenvalue weighted by atomic mass is 10.1. The van der Waals surface area contributed by atoms with Crippen molar-refractivity contribution in [1.82, 2.24) is 0 Å². The van der Waals surface area contributed by atoms with Crippen molar-refractivity contribution in [1.29, 1.82) is 0 Å². The molecule has 1 rings (SSSR count). The maximum atomic E-state index is 10.4. The smallest absolute Gasteiger partial charge is 0.335 e. The minimum absolute atomic E-state index is 0.0119. The van der Waals surface area contributed by atoms with Crippen molar-refractivity contribution in [2.75, 3.05) is 6.54 Å². The van der Waals surface area contributed by atoms with Crippen molar-refractivity contribution < 1.29 is 24.9 Å². The summed E-state index contributed by atoms with van der Waals surface area (Å²) in [6.07, 6.45) is -4.76. The molecule has 1 aliphatic rings. The number of carboxylic acids is 1. The summed E-state index contributed by atoms with van der Waals surface area (Å²) in [5, 5.41) is 26.8. The van der Waals surface area contributed by atoms with Gasteiger partial charge in [-0.25, -0.2) is 4.79 Å². The Labute approximate surface area is 68.6 Å². The highest BCUT2D eigenvalue weighted by Gasteiger charge is 2.45. The number of rotatable bonds is 2. The van der Waals surface area contributed by atoms with Gasteiger partial charge in [-0.05, 0) is 0 Å². The molecule has 0 aromatic carbocycles. The van der Waals surface area contributed by atoms with Crippen molar-refractivity contribution in [3.8, 4) is 0 Å². The minimum atomic E-state index is -1.39. The molecule has 1 fully saturated rings. The topological polar surface area (TPSA) is 113 Å². The number of aliphatic carboxylic acids is 1. The van der Waals surface area contributed by atoms with E-state index < -0.39 is 30.4 Å². The normalized spacial score (nSPS) is 41.6. The third kappa shape index (κ3) is 1.42. The van der Waals surface area contributed by atoms with Gasteiger partial charge in [-0.1, -0.05) is 0 Å². The number of carbonyl (C=O) groups is 1. The molecule has 0 aliphatic carbocycles. The van der Waals surface area contributed by atoms with E-state index in [4.69, 9.17) is 25.8 Å². The van der Waals surface area contributed by atoms with Gasteiger partial charge in [0.25, 0.3) is 0 Å². The summed E-state index contributed by atoms with van der Waals surface area (Å²) >= 11 is 0. The Kier molecular flexibility index (Phi) is 2.63. The average molecular weight is 177 g/mol. The molecule has 6 nitrogen and oxygen atoms in total. The molecule has 0 radical (unpaired) electrons. The van der Waals surface area contributed by atoms with Crippen LogP contribution < -0.4 is 5.73 Å². The Balaban J connectivity index is 2.66. The summed E-state index contributed by atoms with van der Waals surface area (Å²) in [7, 11) is 0. The molecule has 0 aromatic heterocycles. The lowest BCUT2D eigenvalue weighted by Crippen LogP contribution is -2.37. The van der Waals surface area contributed by atoms with E-state index >= 15 is 0 Å². The van der Waals surface area contributed by atoms with Crippen molar-refractivity contribution in [3.05, 3.63) is 0 Å². The molecule has 5 N–H and O–H groups in total. The van der Waals surface area contributed by atoms with E-state index in [1.807, 2.05) is 0 Å². The van der Waals surface area contributed by atoms with Crippen LogP contribution in [0.25, 0.3) is 0 Å². The zero-order valence-electron chi connectivity index (χ0n) is 6.25. The SMILES string of the molecule is NC[C@H]1O[C@@H](C(=O)O)C(O)[C@@H]1O. The van der Waals surface area contributed by atoms with E-state index in [-0.39, 0.29) is 6.54 Å². The van der Waals surface area contributed by atoms with E-state index in [1.54, 1.807) is 0 Å². The van der Waals surface area contributed by atoms with E-state index in [0.29, 0.717) is 0 Å². The summed E-state index contributed by atoms with van der Waals surface area (Å²) in [5.74, 6) is -1.29. The molecule has 1 saturated heterocycles. The first-order chi connectivity index (χ1) is 5.57. The third-order valence-electron chi connectivity index (χ3n) is 1.84. The van der Waals surface area contributed by atoms with Crippen LogP contribution in [-0.4, -0.2) is 52.2 Å². The highest BCUT2D eigenvalue weighted by molar-refractivity contribution is 5.73. The number of aliphatic hydroxyl groups is 2. The average Bonchev–Trinajstić information content (AvgIpc) is 2.30. The molecule has 1 unspecified atom stereocenters. The number of hydrogen-bond donors (Lipinski definition) is 4. The fraction of sp³-hybridized carbons (Fsp3) is 0.833. The lowest BCUT2D eigenvalue weighted by Gasteiger charge is -2.10. The second kappa shape index (κ2) is 3.36. The van der Waals surface area contributed by atoms with Crippen molar-refractivity contribution in [3.63, 3.8) is 0 Å². The van der Waals surface area contributed by atoms with Gasteiger partial charge < -0.3 is 25.8 Å². The molecule has 1 heterocycles. The zero-order valence-corrected chi connectivity index (χ0v) is 6.25. The Morgan fingerprint density at radius 2 is 2.00 bits per heavy atom. The highest BCUT2D eigenvalue weighted by atomic mass is 16.6. The van der Waals surface area contributed by atoms with Crippen molar-refractivity contribution >= 4 is 5.97 Å². The van der Waals surface area contributed by atoms with E-state index in [2.05, 4.69) is 0 Å². The first kappa shape index (κ1) is 9.40. The zero-order chi connectivity index (χ0) is 9.30. The van der Waals surface area contributed by atoms with Gasteiger partial charge in [-0.3, -0.25) is 0 Å². The van der Waals surface area contributed by atoms with Crippen LogP contribution in [0.15, 0.2) is 0 Å². The summed E-state index contributed by atoms with van der Waals surface area (Å²) in [6.45, 7) is -0.0119. The maximum absolute atomic E-state index is 10.4. The molecule has 12 heavy (non-hydrogen) atoms. The largest absolute Gasteiger partial charge is 0.479 e. The maximum Gasteiger partial charge on any atom is 0.335 e. The van der Waals surface area contributed by atoms with Gasteiger partial charge >= 0.3 is 5.97 Å². The quantitative estimate of drug-likeness (QED) is 0.371. The van der Waals surface area contributed by atoms with Crippen LogP contribution in [0.4, 0.5) is 0 Å². The second-order valence-corrected chi connectivity index (χ2v) is 2.65. The van der Waals surface area contributed by atoms with Crippen LogP contribution in [0.5, 0.6) is 0 Å². The number of hydrogen-bond acceptors (Lipinski definition) is 5. The van der Waals surface area contributed by atoms with Crippen LogP contribution in [0.3, 0.4) is 0 Å². The first-order valence-corrected chi connectivity index (χ1v) is 3.52. The number of nitrogens with two attached hydrogens (primary N) is 1. The fourth-order valence-electron chi connectivity index (χ4n) is 1.15. The Bertz CT molecular complexity index is 185. The minimum Gasteiger partial charge on any atom is -0.479 e. The Morgan fingerprint density at radius 3 is 2.25 bits per heavy atom. The molecule has 70 valence electrons. The highest BCUT2D eigenvalue weighted by Crippen LogP contribution is 2.20. The van der Waals surface area contributed by atoms with Gasteiger partial charge in [0, 0.05) is 6.54 Å². The van der Waals surface area contributed by atoms with Gasteiger partial charge in [0.15, 0.2) is 6.10 Å². The second-order valence-electron chi connectivity index (χ2n) is 2.65. The van der Waals surface area contributed by atoms with E-state index in [0.717, 1.165) is 0 Å². The molecule has 0 saturated carbocycles. The van der Waals surface area contributed by atoms with Crippen LogP contribution in [0, 0.1) is 0 Å². The third-order valence-corrected chi connectivity index (χ3v) is 1.84. The van der Waals surface area contributed by atoms with Crippen LogP contribution in [-0.2, 0) is 9.53 Å². The molecule has 1 aliphatic heterocycles. The summed E-state index contributed by atoms with van der Waals surface area (Å²) in [4.78, 5) is 10.4. The molecule has 6 heteroatoms. The first-order valence-electron chi connectivity index (χ1n) is 3.52. The van der Waals surface area contributed by atoms with Gasteiger partial charge in [0.1, 0.15) is 12.2 Å². The molecular weight excluding hydrogens is 166 g/mol. The number of aliphatic hydroxyl groups excluding tert-OH is 2. The standard InChI is InChI=1S/C6H11NO5/c7-1-2-3(8)4(9)5(12-2)6(10)11/h2-5,8-9H,1,7H2,(H,10,11)/t2-,3-,4?,5-/m1/s1. The van der Waals surface area contributed by atoms with E-state index in [9.17, 15) is 4.79 Å². The predicted molar refractivity (Wildman–Crippen MR) is 37.4 cm³/mol. The van der Waals surface area contributed by atoms with Crippen molar-refractivity contribution in [2.24, 2.45) is 5.73 Å². The lowest BCUT2D eigenvalue weighted by molar-refractivity contribution is -0.153. The van der Waals surface area contributed by atoms with Gasteiger partial charge in [0.2, 0.25) is 0 Å². The Morgan fingerprint density at radius 1 is 1.42 bits per heavy atom. The molecular formula is C6H11NO5. The number of ether oxygens (including phenoxy) is 1. The molecule has 0 aromatic rings. The summed E-state index contributed by atoms with van der Waals surface area (Å²) in [5.41, 5.74) is 5.16. The monoisotopic (exact) mass is 177 g/mol. The summed E-state index contributed by atoms with van der Waals surface area (Å²) < 4.78 is 4.77. The van der Waals surface area contributed by atoms with Crippen LogP contribution in [0.1, 0.15) is 0 Å².